The van der Waals surface area contributed by atoms with Crippen LogP contribution in [0, 0.1) is 0 Å². The van der Waals surface area contributed by atoms with E-state index in [2.05, 4.69) is 43.4 Å². The van der Waals surface area contributed by atoms with Crippen molar-refractivity contribution in [3.63, 3.8) is 0 Å². The number of ether oxygens (including phenoxy) is 2. The molecule has 0 radical (unpaired) electrons. The lowest BCUT2D eigenvalue weighted by atomic mass is 10.0. The monoisotopic (exact) mass is 375 g/mol. The van der Waals surface area contributed by atoms with E-state index in [1.165, 1.54) is 5.56 Å². The number of carbonyl (C=O) groups excluding carboxylic acids is 1. The summed E-state index contributed by atoms with van der Waals surface area (Å²) in [6, 6.07) is 13.7. The summed E-state index contributed by atoms with van der Waals surface area (Å²) in [4.78, 5) is 12.3. The largest absolute Gasteiger partial charge is 0.487 e. The van der Waals surface area contributed by atoms with E-state index < -0.39 is 0 Å². The summed E-state index contributed by atoms with van der Waals surface area (Å²) in [6.07, 6.45) is 1.08. The molecule has 26 heavy (non-hydrogen) atoms. The molecular weight excluding hydrogens is 350 g/mol. The Kier molecular flexibility index (Phi) is 7.95. The van der Waals surface area contributed by atoms with Gasteiger partial charge in [-0.15, -0.1) is 0 Å². The Hall–Kier alpha value is -2.04. The second-order valence-electron chi connectivity index (χ2n) is 6.40. The Labute approximate surface area is 160 Å². The van der Waals surface area contributed by atoms with Crippen molar-refractivity contribution in [1.82, 2.24) is 0 Å². The van der Waals surface area contributed by atoms with Crippen LogP contribution in [0.15, 0.2) is 42.5 Å². The molecule has 4 nitrogen and oxygen atoms in total. The van der Waals surface area contributed by atoms with Crippen LogP contribution in [0.4, 0.5) is 5.69 Å². The van der Waals surface area contributed by atoms with Gasteiger partial charge < -0.3 is 14.8 Å². The first-order valence-electron chi connectivity index (χ1n) is 8.80. The van der Waals surface area contributed by atoms with Gasteiger partial charge in [0, 0.05) is 13.5 Å². The third kappa shape index (κ3) is 6.04. The summed E-state index contributed by atoms with van der Waals surface area (Å²) in [7, 11) is 1.60. The van der Waals surface area contributed by atoms with Crippen molar-refractivity contribution in [3.05, 3.63) is 58.6 Å². The summed E-state index contributed by atoms with van der Waals surface area (Å²) in [5, 5.41) is 3.35. The maximum absolute atomic E-state index is 12.3. The van der Waals surface area contributed by atoms with Crippen LogP contribution in [0.25, 0.3) is 0 Å². The number of methoxy groups -OCH3 is 1. The molecule has 0 aliphatic rings. The Balaban J connectivity index is 1.94. The highest BCUT2D eigenvalue weighted by Gasteiger charge is 2.12. The van der Waals surface area contributed by atoms with Crippen LogP contribution in [-0.2, 0) is 16.0 Å². The molecule has 5 heteroatoms. The van der Waals surface area contributed by atoms with Crippen LogP contribution in [0.3, 0.4) is 0 Å². The number of carbonyl (C=O) groups is 1. The first kappa shape index (κ1) is 20.3. The molecular formula is C21H26ClNO3. The number of nitrogens with one attached hydrogen (secondary N) is 1. The third-order valence-corrected chi connectivity index (χ3v) is 4.36. The smallest absolute Gasteiger partial charge is 0.224 e. The van der Waals surface area contributed by atoms with E-state index in [0.717, 1.165) is 5.56 Å². The number of hydrogen-bond acceptors (Lipinski definition) is 3. The molecule has 0 fully saturated rings. The quantitative estimate of drug-likeness (QED) is 0.623. The van der Waals surface area contributed by atoms with Crippen molar-refractivity contribution in [2.45, 2.75) is 32.6 Å². The minimum Gasteiger partial charge on any atom is -0.487 e. The Morgan fingerprint density at radius 2 is 1.85 bits per heavy atom. The fraction of sp³-hybridized carbons (Fsp3) is 0.381. The molecule has 1 N–H and O–H groups in total. The van der Waals surface area contributed by atoms with Gasteiger partial charge in [-0.1, -0.05) is 55.8 Å². The maximum atomic E-state index is 12.3. The van der Waals surface area contributed by atoms with Gasteiger partial charge in [-0.3, -0.25) is 4.79 Å². The molecule has 2 aromatic rings. The average molecular weight is 376 g/mol. The Morgan fingerprint density at radius 1 is 1.12 bits per heavy atom. The van der Waals surface area contributed by atoms with Crippen molar-refractivity contribution in [1.29, 1.82) is 0 Å². The highest BCUT2D eigenvalue weighted by atomic mass is 35.5. The van der Waals surface area contributed by atoms with Crippen LogP contribution < -0.4 is 10.1 Å². The predicted molar refractivity (Wildman–Crippen MR) is 106 cm³/mol. The number of halogens is 1. The van der Waals surface area contributed by atoms with Crippen LogP contribution in [0.1, 0.15) is 37.3 Å². The highest BCUT2D eigenvalue weighted by Crippen LogP contribution is 2.33. The van der Waals surface area contributed by atoms with Crippen molar-refractivity contribution in [2.24, 2.45) is 0 Å². The second-order valence-corrected chi connectivity index (χ2v) is 6.81. The molecule has 0 aliphatic heterocycles. The van der Waals surface area contributed by atoms with E-state index in [1.807, 2.05) is 0 Å². The van der Waals surface area contributed by atoms with E-state index in [0.29, 0.717) is 48.4 Å². The SMILES string of the molecule is COCCOc1c(Cl)cccc1NC(=O)CCc1ccc(C(C)C)cc1. The molecule has 0 unspecified atom stereocenters. The van der Waals surface area contributed by atoms with Gasteiger partial charge in [0.05, 0.1) is 17.3 Å². The van der Waals surface area contributed by atoms with Crippen LogP contribution in [0.2, 0.25) is 5.02 Å². The first-order valence-corrected chi connectivity index (χ1v) is 9.18. The van der Waals surface area contributed by atoms with Crippen LogP contribution >= 0.6 is 11.6 Å². The maximum Gasteiger partial charge on any atom is 0.224 e. The highest BCUT2D eigenvalue weighted by molar-refractivity contribution is 6.32. The van der Waals surface area contributed by atoms with Crippen molar-refractivity contribution in [3.8, 4) is 5.75 Å². The molecule has 2 aromatic carbocycles. The van der Waals surface area contributed by atoms with E-state index in [1.54, 1.807) is 25.3 Å². The molecule has 0 heterocycles. The number of benzene rings is 2. The average Bonchev–Trinajstić information content (AvgIpc) is 2.62. The lowest BCUT2D eigenvalue weighted by Gasteiger charge is -2.14. The normalized spacial score (nSPS) is 10.8. The van der Waals surface area contributed by atoms with Crippen molar-refractivity contribution in [2.75, 3.05) is 25.6 Å². The fourth-order valence-electron chi connectivity index (χ4n) is 2.52. The van der Waals surface area contributed by atoms with Gasteiger partial charge in [0.1, 0.15) is 6.61 Å². The minimum absolute atomic E-state index is 0.0724. The molecule has 140 valence electrons. The van der Waals surface area contributed by atoms with E-state index >= 15 is 0 Å². The molecule has 0 atom stereocenters. The molecule has 1 amide bonds. The number of para-hydroxylation sites is 1. The topological polar surface area (TPSA) is 47.6 Å². The zero-order valence-corrected chi connectivity index (χ0v) is 16.3. The second kappa shape index (κ2) is 10.2. The fourth-order valence-corrected chi connectivity index (χ4v) is 2.75. The number of aryl methyl sites for hydroxylation is 1. The summed E-state index contributed by atoms with van der Waals surface area (Å²) >= 11 is 6.19. The molecule has 0 spiro atoms. The zero-order valence-electron chi connectivity index (χ0n) is 15.5. The van der Waals surface area contributed by atoms with Gasteiger partial charge in [0.2, 0.25) is 5.91 Å². The van der Waals surface area contributed by atoms with E-state index in [9.17, 15) is 4.79 Å². The molecule has 0 saturated carbocycles. The van der Waals surface area contributed by atoms with Gasteiger partial charge in [-0.2, -0.15) is 0 Å². The lowest BCUT2D eigenvalue weighted by molar-refractivity contribution is -0.116. The summed E-state index contributed by atoms with van der Waals surface area (Å²) in [6.45, 7) is 5.15. The molecule has 0 aromatic heterocycles. The van der Waals surface area contributed by atoms with Crippen LogP contribution in [0.5, 0.6) is 5.75 Å². The van der Waals surface area contributed by atoms with E-state index in [-0.39, 0.29) is 5.91 Å². The number of amides is 1. The standard InChI is InChI=1S/C21H26ClNO3/c1-15(2)17-10-7-16(8-11-17)9-12-20(24)23-19-6-4-5-18(22)21(19)26-14-13-25-3/h4-8,10-11,15H,9,12-14H2,1-3H3,(H,23,24). The first-order chi connectivity index (χ1) is 12.5. The molecule has 2 rings (SSSR count). The number of rotatable bonds is 9. The molecule has 0 bridgehead atoms. The molecule has 0 aliphatic carbocycles. The summed E-state index contributed by atoms with van der Waals surface area (Å²) < 4.78 is 10.6. The number of hydrogen-bond donors (Lipinski definition) is 1. The van der Waals surface area contributed by atoms with Crippen LogP contribution in [-0.4, -0.2) is 26.2 Å². The third-order valence-electron chi connectivity index (χ3n) is 4.06. The van der Waals surface area contributed by atoms with Gasteiger partial charge >= 0.3 is 0 Å². The van der Waals surface area contributed by atoms with Gasteiger partial charge in [-0.05, 0) is 35.6 Å². The van der Waals surface area contributed by atoms with E-state index in [4.69, 9.17) is 21.1 Å². The van der Waals surface area contributed by atoms with Crippen molar-refractivity contribution < 1.29 is 14.3 Å². The zero-order chi connectivity index (χ0) is 18.9. The minimum atomic E-state index is -0.0724. The summed E-state index contributed by atoms with van der Waals surface area (Å²) in [5.74, 6) is 0.907. The van der Waals surface area contributed by atoms with Crippen molar-refractivity contribution >= 4 is 23.2 Å². The predicted octanol–water partition coefficient (Wildman–Crippen LogP) is 5.06. The van der Waals surface area contributed by atoms with Gasteiger partial charge in [0.15, 0.2) is 5.75 Å². The number of anilines is 1. The summed E-state index contributed by atoms with van der Waals surface area (Å²) in [5.41, 5.74) is 3.02. The Bertz CT molecular complexity index is 714. The van der Waals surface area contributed by atoms with Gasteiger partial charge in [-0.25, -0.2) is 0 Å². The lowest BCUT2D eigenvalue weighted by Crippen LogP contribution is -2.14. The van der Waals surface area contributed by atoms with Gasteiger partial charge in [0.25, 0.3) is 0 Å². The molecule has 0 saturated heterocycles. The Morgan fingerprint density at radius 3 is 2.50 bits per heavy atom.